The summed E-state index contributed by atoms with van der Waals surface area (Å²) in [4.78, 5) is 11.7. The van der Waals surface area contributed by atoms with Crippen molar-refractivity contribution in [3.05, 3.63) is 28.8 Å². The van der Waals surface area contributed by atoms with Gasteiger partial charge >= 0.3 is 0 Å². The van der Waals surface area contributed by atoms with E-state index in [1.165, 1.54) is 0 Å². The van der Waals surface area contributed by atoms with E-state index in [4.69, 9.17) is 22.1 Å². The van der Waals surface area contributed by atoms with E-state index in [0.29, 0.717) is 17.2 Å². The maximum atomic E-state index is 11.7. The zero-order valence-electron chi connectivity index (χ0n) is 12.3. The number of carbonyl (C=O) groups excluding carboxylic acids is 1. The number of nitrogens with two attached hydrogens (primary N) is 1. The van der Waals surface area contributed by atoms with Gasteiger partial charge in [0.15, 0.2) is 6.61 Å². The summed E-state index contributed by atoms with van der Waals surface area (Å²) in [5.74, 6) is 0.534. The molecule has 0 aliphatic heterocycles. The first-order valence-electron chi connectivity index (χ1n) is 6.88. The molecule has 1 aromatic carbocycles. The lowest BCUT2D eigenvalue weighted by molar-refractivity contribution is -0.123. The highest BCUT2D eigenvalue weighted by Crippen LogP contribution is 2.24. The van der Waals surface area contributed by atoms with E-state index in [-0.39, 0.29) is 24.6 Å². The summed E-state index contributed by atoms with van der Waals surface area (Å²) >= 11 is 5.97. The summed E-state index contributed by atoms with van der Waals surface area (Å²) in [7, 11) is 0. The van der Waals surface area contributed by atoms with Gasteiger partial charge in [-0.15, -0.1) is 0 Å². The molecule has 0 aliphatic carbocycles. The fourth-order valence-electron chi connectivity index (χ4n) is 1.76. The van der Waals surface area contributed by atoms with Crippen LogP contribution in [0, 0.1) is 0 Å². The minimum atomic E-state index is -0.124. The number of nitrogens with one attached hydrogen (secondary N) is 1. The number of rotatable bonds is 7. The standard InChI is InChI=1S/C15H23ClN2O2/c1-4-11(3)18-15(19)9-20-14-6-5-13(16)8-12(14)7-10(2)17/h5-6,8,10-11H,4,7,9,17H2,1-3H3,(H,18,19). The number of ether oxygens (including phenoxy) is 1. The minimum Gasteiger partial charge on any atom is -0.483 e. The van der Waals surface area contributed by atoms with Gasteiger partial charge in [-0.2, -0.15) is 0 Å². The van der Waals surface area contributed by atoms with Crippen molar-refractivity contribution in [2.45, 2.75) is 45.7 Å². The lowest BCUT2D eigenvalue weighted by atomic mass is 10.1. The SMILES string of the molecule is CCC(C)NC(=O)COc1ccc(Cl)cc1CC(C)N. The van der Waals surface area contributed by atoms with Gasteiger partial charge in [-0.3, -0.25) is 4.79 Å². The Labute approximate surface area is 125 Å². The van der Waals surface area contributed by atoms with Crippen LogP contribution in [-0.4, -0.2) is 24.6 Å². The van der Waals surface area contributed by atoms with Crippen LogP contribution in [-0.2, 0) is 11.2 Å². The Kier molecular flexibility index (Phi) is 6.82. The maximum Gasteiger partial charge on any atom is 0.258 e. The molecule has 0 radical (unpaired) electrons. The van der Waals surface area contributed by atoms with Crippen molar-refractivity contribution in [2.24, 2.45) is 5.73 Å². The Morgan fingerprint density at radius 1 is 1.45 bits per heavy atom. The molecule has 1 aromatic rings. The highest BCUT2D eigenvalue weighted by Gasteiger charge is 2.10. The Morgan fingerprint density at radius 3 is 2.75 bits per heavy atom. The van der Waals surface area contributed by atoms with Crippen molar-refractivity contribution < 1.29 is 9.53 Å². The van der Waals surface area contributed by atoms with Crippen LogP contribution in [0.4, 0.5) is 0 Å². The smallest absolute Gasteiger partial charge is 0.258 e. The number of amides is 1. The summed E-state index contributed by atoms with van der Waals surface area (Å²) in [5, 5.41) is 3.49. The molecule has 0 fully saturated rings. The number of halogens is 1. The predicted octanol–water partition coefficient (Wildman–Crippen LogP) is 2.52. The van der Waals surface area contributed by atoms with Gasteiger partial charge in [-0.05, 0) is 50.5 Å². The zero-order valence-corrected chi connectivity index (χ0v) is 13.0. The average Bonchev–Trinajstić information content (AvgIpc) is 2.37. The quantitative estimate of drug-likeness (QED) is 0.813. The van der Waals surface area contributed by atoms with E-state index >= 15 is 0 Å². The monoisotopic (exact) mass is 298 g/mol. The van der Waals surface area contributed by atoms with Gasteiger partial charge in [0, 0.05) is 17.1 Å². The molecule has 1 amide bonds. The molecular weight excluding hydrogens is 276 g/mol. The van der Waals surface area contributed by atoms with Gasteiger partial charge in [0.25, 0.3) is 5.91 Å². The van der Waals surface area contributed by atoms with Crippen LogP contribution in [0.3, 0.4) is 0 Å². The van der Waals surface area contributed by atoms with Crippen molar-refractivity contribution in [3.8, 4) is 5.75 Å². The third kappa shape index (κ3) is 5.80. The van der Waals surface area contributed by atoms with E-state index in [9.17, 15) is 4.79 Å². The Balaban J connectivity index is 2.65. The van der Waals surface area contributed by atoms with Crippen LogP contribution in [0.5, 0.6) is 5.75 Å². The van der Waals surface area contributed by atoms with E-state index < -0.39 is 0 Å². The first-order valence-corrected chi connectivity index (χ1v) is 7.26. The molecule has 0 heterocycles. The number of hydrogen-bond acceptors (Lipinski definition) is 3. The molecular formula is C15H23ClN2O2. The zero-order chi connectivity index (χ0) is 15.1. The number of benzene rings is 1. The molecule has 2 unspecified atom stereocenters. The van der Waals surface area contributed by atoms with Crippen molar-refractivity contribution in [3.63, 3.8) is 0 Å². The van der Waals surface area contributed by atoms with E-state index in [0.717, 1.165) is 12.0 Å². The summed E-state index contributed by atoms with van der Waals surface area (Å²) in [6.07, 6.45) is 1.55. The summed E-state index contributed by atoms with van der Waals surface area (Å²) in [6, 6.07) is 5.50. The fourth-order valence-corrected chi connectivity index (χ4v) is 1.95. The van der Waals surface area contributed by atoms with Gasteiger partial charge in [0.2, 0.25) is 0 Å². The molecule has 0 aromatic heterocycles. The van der Waals surface area contributed by atoms with Crippen LogP contribution in [0.2, 0.25) is 5.02 Å². The molecule has 20 heavy (non-hydrogen) atoms. The van der Waals surface area contributed by atoms with Crippen molar-refractivity contribution in [1.82, 2.24) is 5.32 Å². The van der Waals surface area contributed by atoms with Crippen LogP contribution in [0.15, 0.2) is 18.2 Å². The number of carbonyl (C=O) groups is 1. The second-order valence-corrected chi connectivity index (χ2v) is 5.54. The second-order valence-electron chi connectivity index (χ2n) is 5.10. The summed E-state index contributed by atoms with van der Waals surface area (Å²) in [6.45, 7) is 5.89. The predicted molar refractivity (Wildman–Crippen MR) is 82.2 cm³/mol. The second kappa shape index (κ2) is 8.12. The van der Waals surface area contributed by atoms with Crippen molar-refractivity contribution >= 4 is 17.5 Å². The van der Waals surface area contributed by atoms with Crippen LogP contribution in [0.1, 0.15) is 32.8 Å². The van der Waals surface area contributed by atoms with Crippen molar-refractivity contribution in [1.29, 1.82) is 0 Å². The minimum absolute atomic E-state index is 0.00206. The maximum absolute atomic E-state index is 11.7. The molecule has 3 N–H and O–H groups in total. The molecule has 5 heteroatoms. The van der Waals surface area contributed by atoms with Gasteiger partial charge in [-0.25, -0.2) is 0 Å². The lowest BCUT2D eigenvalue weighted by Crippen LogP contribution is -2.35. The van der Waals surface area contributed by atoms with E-state index in [1.54, 1.807) is 12.1 Å². The van der Waals surface area contributed by atoms with Crippen LogP contribution in [0.25, 0.3) is 0 Å². The Morgan fingerprint density at radius 2 is 2.15 bits per heavy atom. The Hall–Kier alpha value is -1.26. The van der Waals surface area contributed by atoms with Gasteiger partial charge < -0.3 is 15.8 Å². The van der Waals surface area contributed by atoms with Gasteiger partial charge in [0.1, 0.15) is 5.75 Å². The third-order valence-corrected chi connectivity index (χ3v) is 3.18. The van der Waals surface area contributed by atoms with E-state index in [2.05, 4.69) is 5.32 Å². The largest absolute Gasteiger partial charge is 0.483 e. The first kappa shape index (κ1) is 16.8. The summed E-state index contributed by atoms with van der Waals surface area (Å²) < 4.78 is 5.57. The lowest BCUT2D eigenvalue weighted by Gasteiger charge is -2.15. The summed E-state index contributed by atoms with van der Waals surface area (Å²) in [5.41, 5.74) is 6.73. The Bertz CT molecular complexity index is 449. The fraction of sp³-hybridized carbons (Fsp3) is 0.533. The average molecular weight is 299 g/mol. The molecule has 0 bridgehead atoms. The number of hydrogen-bond donors (Lipinski definition) is 2. The molecule has 1 rings (SSSR count). The molecule has 0 saturated carbocycles. The van der Waals surface area contributed by atoms with Crippen molar-refractivity contribution in [2.75, 3.05) is 6.61 Å². The molecule has 4 nitrogen and oxygen atoms in total. The van der Waals surface area contributed by atoms with Crippen LogP contribution >= 0.6 is 11.6 Å². The van der Waals surface area contributed by atoms with Gasteiger partial charge in [-0.1, -0.05) is 18.5 Å². The topological polar surface area (TPSA) is 64.3 Å². The van der Waals surface area contributed by atoms with Gasteiger partial charge in [0.05, 0.1) is 0 Å². The third-order valence-electron chi connectivity index (χ3n) is 2.94. The van der Waals surface area contributed by atoms with Crippen LogP contribution < -0.4 is 15.8 Å². The highest BCUT2D eigenvalue weighted by molar-refractivity contribution is 6.30. The molecule has 0 saturated heterocycles. The normalized spacial score (nSPS) is 13.7. The molecule has 0 spiro atoms. The van der Waals surface area contributed by atoms with E-state index in [1.807, 2.05) is 26.8 Å². The first-order chi connectivity index (χ1) is 9.42. The highest BCUT2D eigenvalue weighted by atomic mass is 35.5. The molecule has 112 valence electrons. The molecule has 0 aliphatic rings. The molecule has 2 atom stereocenters.